The van der Waals surface area contributed by atoms with Crippen LogP contribution in [-0.2, 0) is 17.6 Å². The fourth-order valence-corrected chi connectivity index (χ4v) is 5.12. The van der Waals surface area contributed by atoms with Gasteiger partial charge in [0.1, 0.15) is 0 Å². The average Bonchev–Trinajstić information content (AvgIpc) is 3.27. The quantitative estimate of drug-likeness (QED) is 0.918. The van der Waals surface area contributed by atoms with Gasteiger partial charge in [-0.15, -0.1) is 11.3 Å². The molecule has 2 atom stereocenters. The molecule has 5 nitrogen and oxygen atoms in total. The number of aryl methyl sites for hydroxylation is 1. The molecule has 2 aliphatic rings. The van der Waals surface area contributed by atoms with Crippen molar-refractivity contribution in [2.24, 2.45) is 5.92 Å². The summed E-state index contributed by atoms with van der Waals surface area (Å²) in [5.41, 5.74) is 3.38. The highest BCUT2D eigenvalue weighted by atomic mass is 32.1. The molecule has 1 amide bonds. The summed E-state index contributed by atoms with van der Waals surface area (Å²) in [4.78, 5) is 31.4. The Morgan fingerprint density at radius 2 is 2.08 bits per heavy atom. The van der Waals surface area contributed by atoms with Crippen molar-refractivity contribution in [3.8, 4) is 0 Å². The zero-order chi connectivity index (χ0) is 17.4. The van der Waals surface area contributed by atoms with Gasteiger partial charge in [-0.1, -0.05) is 6.07 Å². The third-order valence-electron chi connectivity index (χ3n) is 5.33. The molecule has 2 aromatic rings. The van der Waals surface area contributed by atoms with Crippen LogP contribution in [0, 0.1) is 5.92 Å². The number of hydrogen-bond donors (Lipinski definition) is 1. The summed E-state index contributed by atoms with van der Waals surface area (Å²) in [5.74, 6) is -1.64. The van der Waals surface area contributed by atoms with Gasteiger partial charge in [0.25, 0.3) is 5.91 Å². The van der Waals surface area contributed by atoms with Crippen molar-refractivity contribution in [3.05, 3.63) is 51.5 Å². The first kappa shape index (κ1) is 16.3. The molecule has 0 bridgehead atoms. The van der Waals surface area contributed by atoms with E-state index >= 15 is 0 Å². The van der Waals surface area contributed by atoms with Gasteiger partial charge in [0.2, 0.25) is 0 Å². The fraction of sp³-hybridized carbons (Fsp3) is 0.421. The average molecular weight is 356 g/mol. The summed E-state index contributed by atoms with van der Waals surface area (Å²) in [6, 6.07) is 3.71. The zero-order valence-electron chi connectivity index (χ0n) is 13.9. The van der Waals surface area contributed by atoms with Gasteiger partial charge >= 0.3 is 5.97 Å². The molecule has 1 fully saturated rings. The molecule has 0 radical (unpaired) electrons. The standard InChI is InChI=1S/C19H20N2O3S/c22-18(17-14-6-2-1-4-13(14)11-25-17)21-9-15(16(10-21)19(23)24)12-5-3-7-20-8-12/h3,5,7-8,11,15-16H,1-2,4,6,9-10H2,(H,23,24)/t15-,16+/m0/s1. The number of aliphatic carboxylic acids is 1. The summed E-state index contributed by atoms with van der Waals surface area (Å²) < 4.78 is 0. The van der Waals surface area contributed by atoms with Gasteiger partial charge in [-0.2, -0.15) is 0 Å². The number of thiophene rings is 1. The maximum atomic E-state index is 13.1. The lowest BCUT2D eigenvalue weighted by Crippen LogP contribution is -2.30. The van der Waals surface area contributed by atoms with Crippen LogP contribution in [0.25, 0.3) is 0 Å². The van der Waals surface area contributed by atoms with Gasteiger partial charge in [0, 0.05) is 31.4 Å². The summed E-state index contributed by atoms with van der Waals surface area (Å²) >= 11 is 1.52. The van der Waals surface area contributed by atoms with Crippen LogP contribution in [-0.4, -0.2) is 40.0 Å². The van der Waals surface area contributed by atoms with Gasteiger partial charge in [0.05, 0.1) is 10.8 Å². The van der Waals surface area contributed by atoms with Gasteiger partial charge in [-0.25, -0.2) is 0 Å². The molecule has 1 N–H and O–H groups in total. The molecule has 1 aliphatic carbocycles. The maximum Gasteiger partial charge on any atom is 0.308 e. The van der Waals surface area contributed by atoms with Crippen molar-refractivity contribution in [2.45, 2.75) is 31.6 Å². The number of rotatable bonds is 3. The third kappa shape index (κ3) is 2.95. The second kappa shape index (κ2) is 6.59. The molecule has 25 heavy (non-hydrogen) atoms. The molecule has 130 valence electrons. The minimum Gasteiger partial charge on any atom is -0.481 e. The van der Waals surface area contributed by atoms with Crippen LogP contribution in [0.4, 0.5) is 0 Å². The molecule has 3 heterocycles. The van der Waals surface area contributed by atoms with Crippen molar-refractivity contribution in [3.63, 3.8) is 0 Å². The Balaban J connectivity index is 1.60. The zero-order valence-corrected chi connectivity index (χ0v) is 14.7. The minimum atomic E-state index is -0.850. The van der Waals surface area contributed by atoms with E-state index in [2.05, 4.69) is 10.4 Å². The molecular weight excluding hydrogens is 336 g/mol. The lowest BCUT2D eigenvalue weighted by atomic mass is 9.90. The predicted octanol–water partition coefficient (Wildman–Crippen LogP) is 2.96. The van der Waals surface area contributed by atoms with E-state index in [1.54, 1.807) is 17.3 Å². The number of carboxylic acids is 1. The molecule has 1 aliphatic heterocycles. The molecule has 0 unspecified atom stereocenters. The number of fused-ring (bicyclic) bond motifs is 1. The number of carbonyl (C=O) groups is 2. The Bertz CT molecular complexity index is 802. The highest BCUT2D eigenvalue weighted by Crippen LogP contribution is 2.36. The van der Waals surface area contributed by atoms with Crippen molar-refractivity contribution in [1.82, 2.24) is 9.88 Å². The van der Waals surface area contributed by atoms with Gasteiger partial charge in [-0.3, -0.25) is 14.6 Å². The Labute approximate surface area is 150 Å². The number of amides is 1. The van der Waals surface area contributed by atoms with Crippen LogP contribution in [0.3, 0.4) is 0 Å². The molecule has 0 spiro atoms. The first-order chi connectivity index (χ1) is 12.1. The molecule has 6 heteroatoms. The second-order valence-corrected chi connectivity index (χ2v) is 7.70. The SMILES string of the molecule is O=C(O)[C@@H]1CN(C(=O)c2scc3c2CCCC3)C[C@H]1c1cccnc1. The second-order valence-electron chi connectivity index (χ2n) is 6.82. The van der Waals surface area contributed by atoms with E-state index in [0.717, 1.165) is 29.7 Å². The summed E-state index contributed by atoms with van der Waals surface area (Å²) in [6.07, 6.45) is 7.71. The molecule has 4 rings (SSSR count). The Kier molecular flexibility index (Phi) is 4.29. The highest BCUT2D eigenvalue weighted by molar-refractivity contribution is 7.12. The summed E-state index contributed by atoms with van der Waals surface area (Å²) in [7, 11) is 0. The lowest BCUT2D eigenvalue weighted by molar-refractivity contribution is -0.141. The van der Waals surface area contributed by atoms with E-state index in [0.29, 0.717) is 6.54 Å². The first-order valence-corrected chi connectivity index (χ1v) is 9.54. The minimum absolute atomic E-state index is 0.00853. The van der Waals surface area contributed by atoms with E-state index in [1.807, 2.05) is 12.1 Å². The summed E-state index contributed by atoms with van der Waals surface area (Å²) in [6.45, 7) is 0.703. The van der Waals surface area contributed by atoms with E-state index < -0.39 is 11.9 Å². The molecule has 0 aromatic carbocycles. The van der Waals surface area contributed by atoms with Crippen LogP contribution in [0.15, 0.2) is 29.9 Å². The summed E-state index contributed by atoms with van der Waals surface area (Å²) in [5, 5.41) is 11.7. The molecule has 1 saturated heterocycles. The largest absolute Gasteiger partial charge is 0.481 e. The number of likely N-dealkylation sites (tertiary alicyclic amines) is 1. The van der Waals surface area contributed by atoms with Crippen LogP contribution in [0.5, 0.6) is 0 Å². The lowest BCUT2D eigenvalue weighted by Gasteiger charge is -2.18. The van der Waals surface area contributed by atoms with Gasteiger partial charge in [0.15, 0.2) is 0 Å². The number of hydrogen-bond acceptors (Lipinski definition) is 4. The number of nitrogens with zero attached hydrogens (tertiary/aromatic N) is 2. The predicted molar refractivity (Wildman–Crippen MR) is 95.0 cm³/mol. The van der Waals surface area contributed by atoms with Gasteiger partial charge in [-0.05, 0) is 53.8 Å². The molecule has 2 aromatic heterocycles. The van der Waals surface area contributed by atoms with E-state index in [9.17, 15) is 14.7 Å². The van der Waals surface area contributed by atoms with E-state index in [1.165, 1.54) is 28.9 Å². The fourth-order valence-electron chi connectivity index (χ4n) is 4.00. The van der Waals surface area contributed by atoms with Crippen LogP contribution >= 0.6 is 11.3 Å². The monoisotopic (exact) mass is 356 g/mol. The van der Waals surface area contributed by atoms with Crippen LogP contribution in [0.2, 0.25) is 0 Å². The first-order valence-electron chi connectivity index (χ1n) is 8.66. The van der Waals surface area contributed by atoms with Crippen molar-refractivity contribution in [2.75, 3.05) is 13.1 Å². The molecule has 0 saturated carbocycles. The number of carbonyl (C=O) groups excluding carboxylic acids is 1. The Morgan fingerprint density at radius 3 is 2.84 bits per heavy atom. The number of aromatic nitrogens is 1. The number of carboxylic acid groups (broad SMARTS) is 1. The van der Waals surface area contributed by atoms with Crippen molar-refractivity contribution < 1.29 is 14.7 Å². The maximum absolute atomic E-state index is 13.1. The van der Waals surface area contributed by atoms with Crippen LogP contribution in [0.1, 0.15) is 45.1 Å². The number of pyridine rings is 1. The van der Waals surface area contributed by atoms with Crippen LogP contribution < -0.4 is 0 Å². The normalized spacial score (nSPS) is 22.6. The smallest absolute Gasteiger partial charge is 0.308 e. The Hall–Kier alpha value is -2.21. The van der Waals surface area contributed by atoms with Crippen molar-refractivity contribution >= 4 is 23.2 Å². The van der Waals surface area contributed by atoms with E-state index in [-0.39, 0.29) is 18.4 Å². The third-order valence-corrected chi connectivity index (χ3v) is 6.39. The van der Waals surface area contributed by atoms with Gasteiger partial charge < -0.3 is 10.0 Å². The topological polar surface area (TPSA) is 70.5 Å². The Morgan fingerprint density at radius 1 is 1.24 bits per heavy atom. The van der Waals surface area contributed by atoms with E-state index in [4.69, 9.17) is 0 Å². The highest BCUT2D eigenvalue weighted by Gasteiger charge is 2.41. The molecular formula is C19H20N2O3S. The van der Waals surface area contributed by atoms with Crippen molar-refractivity contribution in [1.29, 1.82) is 0 Å².